The van der Waals surface area contributed by atoms with Crippen molar-refractivity contribution in [3.8, 4) is 34.1 Å². The van der Waals surface area contributed by atoms with Crippen LogP contribution in [-0.2, 0) is 20.7 Å². The van der Waals surface area contributed by atoms with Crippen LogP contribution in [0.1, 0.15) is 44.4 Å². The zero-order valence-electron chi connectivity index (χ0n) is 23.5. The maximum absolute atomic E-state index is 12.9. The van der Waals surface area contributed by atoms with Crippen LogP contribution in [0.25, 0.3) is 11.1 Å². The van der Waals surface area contributed by atoms with Gasteiger partial charge >= 0.3 is 6.09 Å². The molecule has 0 bridgehead atoms. The first-order valence-corrected chi connectivity index (χ1v) is 12.5. The lowest BCUT2D eigenvalue weighted by Gasteiger charge is -2.22. The Morgan fingerprint density at radius 1 is 0.872 bits per heavy atom. The number of hydrogen-bond acceptors (Lipinski definition) is 8. The number of hydrogen-bond donors (Lipinski definition) is 3. The molecule has 0 saturated carbocycles. The first-order chi connectivity index (χ1) is 18.5. The molecule has 0 spiro atoms. The molecule has 1 aliphatic rings. The van der Waals surface area contributed by atoms with Gasteiger partial charge < -0.3 is 39.6 Å². The summed E-state index contributed by atoms with van der Waals surface area (Å²) < 4.78 is 27.5. The van der Waals surface area contributed by atoms with Crippen LogP contribution >= 0.6 is 0 Å². The third-order valence-electron chi connectivity index (χ3n) is 6.09. The molecule has 39 heavy (non-hydrogen) atoms. The number of carbonyl (C=O) groups is 3. The lowest BCUT2D eigenvalue weighted by atomic mass is 9.93. The highest BCUT2D eigenvalue weighted by Crippen LogP contribution is 2.50. The summed E-state index contributed by atoms with van der Waals surface area (Å²) in [6, 6.07) is 7.20. The van der Waals surface area contributed by atoms with Gasteiger partial charge in [0.2, 0.25) is 17.6 Å². The quantitative estimate of drug-likeness (QED) is 0.439. The lowest BCUT2D eigenvalue weighted by molar-refractivity contribution is -0.126. The minimum absolute atomic E-state index is 0.261. The summed E-state index contributed by atoms with van der Waals surface area (Å²) in [5.74, 6) is 1.30. The zero-order chi connectivity index (χ0) is 28.7. The molecule has 3 amide bonds. The summed E-state index contributed by atoms with van der Waals surface area (Å²) in [4.78, 5) is 36.8. The van der Waals surface area contributed by atoms with E-state index in [1.165, 1.54) is 0 Å². The van der Waals surface area contributed by atoms with E-state index in [0.29, 0.717) is 35.8 Å². The molecule has 0 unspecified atom stereocenters. The molecule has 0 saturated heterocycles. The molecule has 0 aromatic heterocycles. The fourth-order valence-corrected chi connectivity index (χ4v) is 4.44. The average Bonchev–Trinajstić information content (AvgIpc) is 3.04. The first-order valence-electron chi connectivity index (χ1n) is 12.5. The van der Waals surface area contributed by atoms with E-state index in [9.17, 15) is 14.4 Å². The van der Waals surface area contributed by atoms with Crippen molar-refractivity contribution in [3.05, 3.63) is 35.4 Å². The molecule has 0 fully saturated rings. The van der Waals surface area contributed by atoms with Crippen LogP contribution in [0, 0.1) is 0 Å². The van der Waals surface area contributed by atoms with Gasteiger partial charge in [-0.2, -0.15) is 0 Å². The molecule has 0 heterocycles. The van der Waals surface area contributed by atoms with E-state index < -0.39 is 17.6 Å². The van der Waals surface area contributed by atoms with Crippen molar-refractivity contribution in [2.75, 3.05) is 41.5 Å². The Morgan fingerprint density at radius 3 is 2.18 bits per heavy atom. The van der Waals surface area contributed by atoms with Gasteiger partial charge in [-0.15, -0.1) is 0 Å². The predicted molar refractivity (Wildman–Crippen MR) is 145 cm³/mol. The van der Waals surface area contributed by atoms with Crippen molar-refractivity contribution in [2.45, 2.75) is 45.3 Å². The Labute approximate surface area is 228 Å². The van der Waals surface area contributed by atoms with Crippen LogP contribution in [0.2, 0.25) is 0 Å². The number of ether oxygens (including phenoxy) is 5. The molecule has 11 nitrogen and oxygen atoms in total. The molecule has 212 valence electrons. The Hall–Kier alpha value is -4.15. The summed E-state index contributed by atoms with van der Waals surface area (Å²) in [5, 5.41) is 7.91. The summed E-state index contributed by atoms with van der Waals surface area (Å²) in [5.41, 5.74) is 2.85. The third kappa shape index (κ3) is 7.24. The van der Waals surface area contributed by atoms with Crippen molar-refractivity contribution in [3.63, 3.8) is 0 Å². The number of aryl methyl sites for hydroxylation is 1. The van der Waals surface area contributed by atoms with Gasteiger partial charge in [-0.1, -0.05) is 6.07 Å². The summed E-state index contributed by atoms with van der Waals surface area (Å²) in [7, 11) is 6.28. The number of amides is 3. The molecular formula is C28H37N3O8. The van der Waals surface area contributed by atoms with Crippen LogP contribution in [-0.4, -0.2) is 65.0 Å². The van der Waals surface area contributed by atoms with Crippen LogP contribution in [0.5, 0.6) is 23.0 Å². The van der Waals surface area contributed by atoms with Gasteiger partial charge in [0.25, 0.3) is 0 Å². The highest BCUT2D eigenvalue weighted by Gasteiger charge is 2.30. The molecule has 0 aliphatic heterocycles. The first kappa shape index (κ1) is 29.4. The summed E-state index contributed by atoms with van der Waals surface area (Å²) in [6.45, 7) is 4.59. The molecule has 1 atom stereocenters. The second-order valence-corrected chi connectivity index (χ2v) is 9.92. The topological polar surface area (TPSA) is 133 Å². The average molecular weight is 544 g/mol. The number of rotatable bonds is 9. The third-order valence-corrected chi connectivity index (χ3v) is 6.09. The summed E-state index contributed by atoms with van der Waals surface area (Å²) >= 11 is 0. The monoisotopic (exact) mass is 543 g/mol. The van der Waals surface area contributed by atoms with Gasteiger partial charge in [-0.3, -0.25) is 9.59 Å². The number of nitrogens with one attached hydrogen (secondary N) is 3. The van der Waals surface area contributed by atoms with Crippen molar-refractivity contribution in [1.82, 2.24) is 16.0 Å². The van der Waals surface area contributed by atoms with E-state index in [4.69, 9.17) is 23.7 Å². The van der Waals surface area contributed by atoms with Crippen molar-refractivity contribution in [2.24, 2.45) is 0 Å². The molecule has 0 radical (unpaired) electrons. The largest absolute Gasteiger partial charge is 0.497 e. The number of fused-ring (bicyclic) bond motifs is 3. The van der Waals surface area contributed by atoms with Gasteiger partial charge in [0.05, 0.1) is 41.0 Å². The maximum atomic E-state index is 12.9. The lowest BCUT2D eigenvalue weighted by Crippen LogP contribution is -2.43. The Bertz CT molecular complexity index is 1220. The number of alkyl carbamates (subject to hydrolysis) is 1. The summed E-state index contributed by atoms with van der Waals surface area (Å²) in [6.07, 6.45) is 0.473. The molecule has 1 aliphatic carbocycles. The molecule has 2 aromatic carbocycles. The van der Waals surface area contributed by atoms with E-state index >= 15 is 0 Å². The Kier molecular flexibility index (Phi) is 9.50. The minimum atomic E-state index is -0.714. The van der Waals surface area contributed by atoms with Gasteiger partial charge in [-0.05, 0) is 68.5 Å². The SMILES string of the molecule is COc1ccc2c(c1)[C@@H](NC(=O)CNC(=O)CNC(=O)OC(C)(C)C)CCc1cc(OC)c(OC)c(OC)c1-2. The van der Waals surface area contributed by atoms with E-state index in [0.717, 1.165) is 22.3 Å². The number of benzene rings is 2. The second kappa shape index (κ2) is 12.6. The van der Waals surface area contributed by atoms with Crippen LogP contribution < -0.4 is 34.9 Å². The number of carbonyl (C=O) groups excluding carboxylic acids is 3. The van der Waals surface area contributed by atoms with Crippen LogP contribution in [0.4, 0.5) is 4.79 Å². The van der Waals surface area contributed by atoms with Crippen molar-refractivity contribution < 1.29 is 38.1 Å². The zero-order valence-corrected chi connectivity index (χ0v) is 23.5. The highest BCUT2D eigenvalue weighted by atomic mass is 16.6. The fourth-order valence-electron chi connectivity index (χ4n) is 4.44. The van der Waals surface area contributed by atoms with Crippen LogP contribution in [0.15, 0.2) is 24.3 Å². The molecule has 11 heteroatoms. The fraction of sp³-hybridized carbons (Fsp3) is 0.464. The number of methoxy groups -OCH3 is 4. The van der Waals surface area contributed by atoms with Crippen molar-refractivity contribution in [1.29, 1.82) is 0 Å². The molecule has 3 rings (SSSR count). The van der Waals surface area contributed by atoms with E-state index in [-0.39, 0.29) is 25.0 Å². The van der Waals surface area contributed by atoms with Gasteiger partial charge in [0.15, 0.2) is 11.5 Å². The van der Waals surface area contributed by atoms with Gasteiger partial charge in [-0.25, -0.2) is 4.79 Å². The maximum Gasteiger partial charge on any atom is 0.408 e. The molecule has 2 aromatic rings. The van der Waals surface area contributed by atoms with E-state index in [2.05, 4.69) is 16.0 Å². The smallest absolute Gasteiger partial charge is 0.408 e. The van der Waals surface area contributed by atoms with E-state index in [1.54, 1.807) is 49.2 Å². The normalized spacial score (nSPS) is 14.1. The Balaban J connectivity index is 1.79. The Morgan fingerprint density at radius 2 is 1.56 bits per heavy atom. The van der Waals surface area contributed by atoms with E-state index in [1.807, 2.05) is 24.3 Å². The van der Waals surface area contributed by atoms with Crippen molar-refractivity contribution >= 4 is 17.9 Å². The van der Waals surface area contributed by atoms with Gasteiger partial charge in [0.1, 0.15) is 17.9 Å². The molecule has 3 N–H and O–H groups in total. The molecular weight excluding hydrogens is 506 g/mol. The minimum Gasteiger partial charge on any atom is -0.497 e. The van der Waals surface area contributed by atoms with Crippen LogP contribution in [0.3, 0.4) is 0 Å². The standard InChI is InChI=1S/C28H37N3O8/c1-28(2,3)39-27(34)30-14-22(32)29-15-23(33)31-20-11-8-16-12-21(36-5)25(37-6)26(38-7)24(16)18-10-9-17(35-4)13-19(18)20/h9-10,12-13,20H,8,11,14-15H2,1-7H3,(H,29,32)(H,30,34)(H,31,33)/t20-/m0/s1. The van der Waals surface area contributed by atoms with Gasteiger partial charge in [0, 0.05) is 5.56 Å². The second-order valence-electron chi connectivity index (χ2n) is 9.92. The highest BCUT2D eigenvalue weighted by molar-refractivity contribution is 5.88. The predicted octanol–water partition coefficient (Wildman–Crippen LogP) is 3.13.